The van der Waals surface area contributed by atoms with Gasteiger partial charge in [-0.2, -0.15) is 0 Å². The molecular weight excluding hydrogens is 270 g/mol. The monoisotopic (exact) mass is 289 g/mol. The van der Waals surface area contributed by atoms with E-state index in [9.17, 15) is 4.79 Å². The van der Waals surface area contributed by atoms with Crippen molar-refractivity contribution in [2.24, 2.45) is 0 Å². The Kier molecular flexibility index (Phi) is 4.45. The van der Waals surface area contributed by atoms with Crippen LogP contribution in [0.25, 0.3) is 0 Å². The smallest absolute Gasteiger partial charge is 0.195 e. The Labute approximate surface area is 123 Å². The molecule has 0 saturated heterocycles. The minimum atomic E-state index is -0.0328. The van der Waals surface area contributed by atoms with Gasteiger partial charge in [0, 0.05) is 10.4 Å². The summed E-state index contributed by atoms with van der Waals surface area (Å²) >= 11 is 1.48. The number of rotatable bonds is 5. The van der Waals surface area contributed by atoms with Gasteiger partial charge in [-0.3, -0.25) is 4.79 Å². The Balaban J connectivity index is 2.22. The third kappa shape index (κ3) is 3.20. The summed E-state index contributed by atoms with van der Waals surface area (Å²) in [5, 5.41) is 0.592. The molecule has 0 aliphatic carbocycles. The fourth-order valence-corrected chi connectivity index (χ4v) is 2.79. The van der Waals surface area contributed by atoms with Crippen molar-refractivity contribution in [3.05, 3.63) is 46.3 Å². The number of hydrogen-bond acceptors (Lipinski definition) is 4. The number of ketones is 1. The van der Waals surface area contributed by atoms with E-state index in [0.717, 1.165) is 17.0 Å². The molecule has 2 aromatic rings. The van der Waals surface area contributed by atoms with Gasteiger partial charge in [0.05, 0.1) is 16.7 Å². The van der Waals surface area contributed by atoms with Crippen LogP contribution in [0.4, 0.5) is 5.00 Å². The van der Waals surface area contributed by atoms with E-state index in [1.807, 2.05) is 32.0 Å². The first kappa shape index (κ1) is 14.6. The molecule has 0 atom stereocenters. The topological polar surface area (TPSA) is 52.3 Å². The van der Waals surface area contributed by atoms with Gasteiger partial charge in [0.25, 0.3) is 0 Å². The Hall–Kier alpha value is -1.81. The molecule has 20 heavy (non-hydrogen) atoms. The van der Waals surface area contributed by atoms with Gasteiger partial charge in [-0.05, 0) is 50.6 Å². The van der Waals surface area contributed by atoms with E-state index in [-0.39, 0.29) is 11.9 Å². The van der Waals surface area contributed by atoms with Crippen molar-refractivity contribution in [1.29, 1.82) is 0 Å². The molecule has 4 heteroatoms. The minimum Gasteiger partial charge on any atom is -0.491 e. The number of anilines is 1. The standard InChI is InChI=1S/C16H19NO2S/c1-4-13-9-14(16(17)20-13)15(18)11-5-7-12(8-6-11)19-10(2)3/h5-10H,4,17H2,1-3H3. The maximum Gasteiger partial charge on any atom is 0.195 e. The van der Waals surface area contributed by atoms with Crippen LogP contribution in [0.15, 0.2) is 30.3 Å². The van der Waals surface area contributed by atoms with Crippen LogP contribution in [0.5, 0.6) is 5.75 Å². The molecule has 0 aliphatic rings. The predicted molar refractivity (Wildman–Crippen MR) is 83.7 cm³/mol. The first-order valence-electron chi connectivity index (χ1n) is 6.70. The second-order valence-electron chi connectivity index (χ2n) is 4.86. The zero-order chi connectivity index (χ0) is 14.7. The van der Waals surface area contributed by atoms with E-state index in [1.165, 1.54) is 11.3 Å². The first-order chi connectivity index (χ1) is 9.51. The van der Waals surface area contributed by atoms with Gasteiger partial charge in [0.2, 0.25) is 0 Å². The fourth-order valence-electron chi connectivity index (χ4n) is 1.92. The summed E-state index contributed by atoms with van der Waals surface area (Å²) in [7, 11) is 0. The van der Waals surface area contributed by atoms with Crippen molar-refractivity contribution in [3.8, 4) is 5.75 Å². The van der Waals surface area contributed by atoms with Crippen LogP contribution in [-0.2, 0) is 6.42 Å². The lowest BCUT2D eigenvalue weighted by Gasteiger charge is -2.09. The molecule has 1 aromatic heterocycles. The molecule has 1 heterocycles. The van der Waals surface area contributed by atoms with E-state index in [0.29, 0.717) is 16.1 Å². The largest absolute Gasteiger partial charge is 0.491 e. The summed E-state index contributed by atoms with van der Waals surface area (Å²) in [5.41, 5.74) is 7.16. The van der Waals surface area contributed by atoms with E-state index in [2.05, 4.69) is 6.92 Å². The molecule has 0 unspecified atom stereocenters. The Morgan fingerprint density at radius 1 is 1.30 bits per heavy atom. The molecular formula is C16H19NO2S. The maximum atomic E-state index is 12.4. The maximum absolute atomic E-state index is 12.4. The summed E-state index contributed by atoms with van der Waals surface area (Å²) in [5.74, 6) is 0.735. The highest BCUT2D eigenvalue weighted by Crippen LogP contribution is 2.28. The van der Waals surface area contributed by atoms with Crippen LogP contribution in [0.1, 0.15) is 41.6 Å². The molecule has 106 valence electrons. The van der Waals surface area contributed by atoms with Crippen molar-refractivity contribution < 1.29 is 9.53 Å². The van der Waals surface area contributed by atoms with Crippen LogP contribution in [0, 0.1) is 0 Å². The number of carbonyl (C=O) groups excluding carboxylic acids is 1. The molecule has 0 saturated carbocycles. The number of carbonyl (C=O) groups is 1. The number of nitrogens with two attached hydrogens (primary N) is 1. The molecule has 2 rings (SSSR count). The van der Waals surface area contributed by atoms with Gasteiger partial charge in [0.1, 0.15) is 5.75 Å². The molecule has 1 aromatic carbocycles. The number of thiophene rings is 1. The van der Waals surface area contributed by atoms with Crippen LogP contribution in [-0.4, -0.2) is 11.9 Å². The normalized spacial score (nSPS) is 10.8. The molecule has 0 amide bonds. The molecule has 0 radical (unpaired) electrons. The first-order valence-corrected chi connectivity index (χ1v) is 7.52. The fraction of sp³-hybridized carbons (Fsp3) is 0.312. The van der Waals surface area contributed by atoms with Gasteiger partial charge in [0.15, 0.2) is 5.78 Å². The minimum absolute atomic E-state index is 0.0328. The van der Waals surface area contributed by atoms with E-state index < -0.39 is 0 Å². The summed E-state index contributed by atoms with van der Waals surface area (Å²) in [6.45, 7) is 5.99. The van der Waals surface area contributed by atoms with Gasteiger partial charge >= 0.3 is 0 Å². The van der Waals surface area contributed by atoms with Crippen molar-refractivity contribution in [1.82, 2.24) is 0 Å². The number of benzene rings is 1. The predicted octanol–water partition coefficient (Wildman–Crippen LogP) is 3.91. The molecule has 0 fully saturated rings. The quantitative estimate of drug-likeness (QED) is 0.849. The highest BCUT2D eigenvalue weighted by atomic mass is 32.1. The Morgan fingerprint density at radius 3 is 2.45 bits per heavy atom. The third-order valence-electron chi connectivity index (χ3n) is 2.89. The molecule has 3 nitrogen and oxygen atoms in total. The Morgan fingerprint density at radius 2 is 1.95 bits per heavy atom. The second-order valence-corrected chi connectivity index (χ2v) is 6.03. The third-order valence-corrected chi connectivity index (χ3v) is 4.00. The van der Waals surface area contributed by atoms with Crippen LogP contribution in [0.3, 0.4) is 0 Å². The van der Waals surface area contributed by atoms with Crippen molar-refractivity contribution >= 4 is 22.1 Å². The van der Waals surface area contributed by atoms with Gasteiger partial charge < -0.3 is 10.5 Å². The summed E-state index contributed by atoms with van der Waals surface area (Å²) < 4.78 is 5.57. The highest BCUT2D eigenvalue weighted by molar-refractivity contribution is 7.16. The molecule has 0 aliphatic heterocycles. The average Bonchev–Trinajstić information content (AvgIpc) is 2.79. The van der Waals surface area contributed by atoms with Crippen LogP contribution in [0.2, 0.25) is 0 Å². The number of hydrogen-bond donors (Lipinski definition) is 1. The van der Waals surface area contributed by atoms with Gasteiger partial charge in [-0.25, -0.2) is 0 Å². The van der Waals surface area contributed by atoms with Crippen LogP contribution >= 0.6 is 11.3 Å². The van der Waals surface area contributed by atoms with Crippen LogP contribution < -0.4 is 10.5 Å². The zero-order valence-electron chi connectivity index (χ0n) is 12.0. The van der Waals surface area contributed by atoms with Crippen molar-refractivity contribution in [2.45, 2.75) is 33.3 Å². The SMILES string of the molecule is CCc1cc(C(=O)c2ccc(OC(C)C)cc2)c(N)s1. The van der Waals surface area contributed by atoms with Crippen molar-refractivity contribution in [2.75, 3.05) is 5.73 Å². The van der Waals surface area contributed by atoms with Gasteiger partial charge in [-0.15, -0.1) is 11.3 Å². The van der Waals surface area contributed by atoms with E-state index >= 15 is 0 Å². The van der Waals surface area contributed by atoms with E-state index in [1.54, 1.807) is 12.1 Å². The lowest BCUT2D eigenvalue weighted by molar-refractivity contribution is 0.104. The van der Waals surface area contributed by atoms with Crippen molar-refractivity contribution in [3.63, 3.8) is 0 Å². The molecule has 0 bridgehead atoms. The zero-order valence-corrected chi connectivity index (χ0v) is 12.8. The average molecular weight is 289 g/mol. The lowest BCUT2D eigenvalue weighted by Crippen LogP contribution is -2.06. The highest BCUT2D eigenvalue weighted by Gasteiger charge is 2.15. The summed E-state index contributed by atoms with van der Waals surface area (Å²) in [4.78, 5) is 13.5. The second kappa shape index (κ2) is 6.09. The van der Waals surface area contributed by atoms with Gasteiger partial charge in [-0.1, -0.05) is 6.92 Å². The number of ether oxygens (including phenoxy) is 1. The number of nitrogen functional groups attached to an aromatic ring is 1. The van der Waals surface area contributed by atoms with E-state index in [4.69, 9.17) is 10.5 Å². The lowest BCUT2D eigenvalue weighted by atomic mass is 10.0. The molecule has 0 spiro atoms. The summed E-state index contributed by atoms with van der Waals surface area (Å²) in [6.07, 6.45) is 1.01. The number of aryl methyl sites for hydroxylation is 1. The Bertz CT molecular complexity index is 599. The molecule has 2 N–H and O–H groups in total. The summed E-state index contributed by atoms with van der Waals surface area (Å²) in [6, 6.07) is 9.08.